The zero-order chi connectivity index (χ0) is 13.8. The first-order valence-electron chi connectivity index (χ1n) is 6.25. The molecule has 5 nitrogen and oxygen atoms in total. The second kappa shape index (κ2) is 5.97. The first kappa shape index (κ1) is 13.7. The molecule has 1 unspecified atom stereocenters. The van der Waals surface area contributed by atoms with Crippen molar-refractivity contribution >= 4 is 17.2 Å². The third-order valence-corrected chi connectivity index (χ3v) is 3.78. The number of thiazole rings is 1. The van der Waals surface area contributed by atoms with E-state index in [0.717, 1.165) is 16.4 Å². The summed E-state index contributed by atoms with van der Waals surface area (Å²) in [5, 5.41) is 4.40. The molecule has 2 aromatic heterocycles. The molecule has 0 amide bonds. The van der Waals surface area contributed by atoms with Gasteiger partial charge in [0.1, 0.15) is 17.2 Å². The molecule has 1 atom stereocenters. The molecule has 2 aromatic rings. The number of nitrogens with one attached hydrogen (secondary N) is 1. The quantitative estimate of drug-likeness (QED) is 0.910. The van der Waals surface area contributed by atoms with Gasteiger partial charge in [-0.15, -0.1) is 11.3 Å². The van der Waals surface area contributed by atoms with Gasteiger partial charge in [-0.3, -0.25) is 0 Å². The number of rotatable bonds is 5. The molecule has 2 rings (SSSR count). The molecule has 0 saturated heterocycles. The highest BCUT2D eigenvalue weighted by molar-refractivity contribution is 7.11. The van der Waals surface area contributed by atoms with Crippen LogP contribution in [0.2, 0.25) is 0 Å². The van der Waals surface area contributed by atoms with E-state index < -0.39 is 0 Å². The summed E-state index contributed by atoms with van der Waals surface area (Å²) < 4.78 is 5.46. The first-order chi connectivity index (χ1) is 9.11. The van der Waals surface area contributed by atoms with E-state index in [1.807, 2.05) is 20.0 Å². The lowest BCUT2D eigenvalue weighted by atomic mass is 10.3. The summed E-state index contributed by atoms with van der Waals surface area (Å²) in [6.07, 6.45) is 3.40. The maximum absolute atomic E-state index is 5.46. The van der Waals surface area contributed by atoms with Crippen molar-refractivity contribution in [3.05, 3.63) is 28.0 Å². The van der Waals surface area contributed by atoms with E-state index in [-0.39, 0.29) is 6.04 Å². The lowest BCUT2D eigenvalue weighted by molar-refractivity contribution is 0.324. The smallest absolute Gasteiger partial charge is 0.221 e. The monoisotopic (exact) mass is 278 g/mol. The second-order valence-electron chi connectivity index (χ2n) is 4.26. The van der Waals surface area contributed by atoms with Crippen LogP contribution in [0.15, 0.2) is 12.5 Å². The highest BCUT2D eigenvalue weighted by Gasteiger charge is 2.13. The van der Waals surface area contributed by atoms with Gasteiger partial charge in [0.2, 0.25) is 5.88 Å². The Labute approximate surface area is 117 Å². The number of hydrogen-bond acceptors (Lipinski definition) is 6. The molecule has 0 spiro atoms. The highest BCUT2D eigenvalue weighted by Crippen LogP contribution is 2.26. The summed E-state index contributed by atoms with van der Waals surface area (Å²) in [7, 11) is 0. The Morgan fingerprint density at radius 1 is 1.32 bits per heavy atom. The lowest BCUT2D eigenvalue weighted by Crippen LogP contribution is -2.10. The summed E-state index contributed by atoms with van der Waals surface area (Å²) >= 11 is 1.69. The van der Waals surface area contributed by atoms with E-state index in [0.29, 0.717) is 12.5 Å². The van der Waals surface area contributed by atoms with Gasteiger partial charge in [0.05, 0.1) is 18.2 Å². The standard InChI is InChI=1S/C13H18N4OS/c1-5-18-12-9(3)11(15-7-16-12)17-10(4)13-14-6-8(2)19-13/h6-7,10H,5H2,1-4H3,(H,15,16,17). The topological polar surface area (TPSA) is 59.9 Å². The fraction of sp³-hybridized carbons (Fsp3) is 0.462. The number of hydrogen-bond donors (Lipinski definition) is 1. The van der Waals surface area contributed by atoms with E-state index in [2.05, 4.69) is 34.1 Å². The summed E-state index contributed by atoms with van der Waals surface area (Å²) in [5.74, 6) is 1.42. The highest BCUT2D eigenvalue weighted by atomic mass is 32.1. The van der Waals surface area contributed by atoms with Crippen molar-refractivity contribution in [1.82, 2.24) is 15.0 Å². The number of aromatic nitrogens is 3. The van der Waals surface area contributed by atoms with Crippen LogP contribution in [0.3, 0.4) is 0 Å². The van der Waals surface area contributed by atoms with Crippen LogP contribution < -0.4 is 10.1 Å². The van der Waals surface area contributed by atoms with E-state index >= 15 is 0 Å². The summed E-state index contributed by atoms with van der Waals surface area (Å²) in [6.45, 7) is 8.61. The lowest BCUT2D eigenvalue weighted by Gasteiger charge is -2.15. The summed E-state index contributed by atoms with van der Waals surface area (Å²) in [4.78, 5) is 14.0. The van der Waals surface area contributed by atoms with Crippen molar-refractivity contribution in [2.24, 2.45) is 0 Å². The molecular formula is C13H18N4OS. The van der Waals surface area contributed by atoms with E-state index in [1.54, 1.807) is 11.3 Å². The van der Waals surface area contributed by atoms with Gasteiger partial charge in [0, 0.05) is 11.1 Å². The SMILES string of the molecule is CCOc1ncnc(NC(C)c2ncc(C)s2)c1C. The molecule has 0 aromatic carbocycles. The molecule has 2 heterocycles. The molecule has 0 aliphatic rings. The molecule has 1 N–H and O–H groups in total. The van der Waals surface area contributed by atoms with Crippen LogP contribution in [0, 0.1) is 13.8 Å². The number of anilines is 1. The van der Waals surface area contributed by atoms with Crippen molar-refractivity contribution in [2.75, 3.05) is 11.9 Å². The molecule has 102 valence electrons. The molecule has 0 fully saturated rings. The predicted octanol–water partition coefficient (Wildman–Crippen LogP) is 3.12. The average molecular weight is 278 g/mol. The molecule has 0 radical (unpaired) electrons. The van der Waals surface area contributed by atoms with Crippen LogP contribution in [-0.4, -0.2) is 21.6 Å². The minimum absolute atomic E-state index is 0.113. The molecule has 0 bridgehead atoms. The fourth-order valence-corrected chi connectivity index (χ4v) is 2.48. The van der Waals surface area contributed by atoms with Gasteiger partial charge in [0.25, 0.3) is 0 Å². The molecule has 19 heavy (non-hydrogen) atoms. The van der Waals surface area contributed by atoms with Crippen molar-refractivity contribution in [2.45, 2.75) is 33.7 Å². The van der Waals surface area contributed by atoms with Crippen molar-refractivity contribution < 1.29 is 4.74 Å². The summed E-state index contributed by atoms with van der Waals surface area (Å²) in [5.41, 5.74) is 0.921. The summed E-state index contributed by atoms with van der Waals surface area (Å²) in [6, 6.07) is 0.113. The Balaban J connectivity index is 2.16. The van der Waals surface area contributed by atoms with Crippen LogP contribution in [0.1, 0.15) is 35.3 Å². The van der Waals surface area contributed by atoms with Crippen LogP contribution in [0.4, 0.5) is 5.82 Å². The van der Waals surface area contributed by atoms with Gasteiger partial charge in [-0.2, -0.15) is 0 Å². The fourth-order valence-electron chi connectivity index (χ4n) is 1.70. The Morgan fingerprint density at radius 3 is 2.74 bits per heavy atom. The van der Waals surface area contributed by atoms with E-state index in [1.165, 1.54) is 11.2 Å². The average Bonchev–Trinajstić information content (AvgIpc) is 2.81. The zero-order valence-electron chi connectivity index (χ0n) is 11.6. The van der Waals surface area contributed by atoms with E-state index in [9.17, 15) is 0 Å². The molecular weight excluding hydrogens is 260 g/mol. The van der Waals surface area contributed by atoms with Crippen LogP contribution in [-0.2, 0) is 0 Å². The molecule has 0 aliphatic carbocycles. The Bertz CT molecular complexity index is 555. The number of nitrogens with zero attached hydrogens (tertiary/aromatic N) is 3. The van der Waals surface area contributed by atoms with Gasteiger partial charge in [-0.25, -0.2) is 15.0 Å². The van der Waals surface area contributed by atoms with Crippen molar-refractivity contribution in [1.29, 1.82) is 0 Å². The van der Waals surface area contributed by atoms with Gasteiger partial charge >= 0.3 is 0 Å². The third-order valence-electron chi connectivity index (χ3n) is 2.68. The predicted molar refractivity (Wildman–Crippen MR) is 76.8 cm³/mol. The first-order valence-corrected chi connectivity index (χ1v) is 7.06. The molecule has 0 saturated carbocycles. The molecule has 6 heteroatoms. The largest absolute Gasteiger partial charge is 0.478 e. The van der Waals surface area contributed by atoms with Crippen molar-refractivity contribution in [3.8, 4) is 5.88 Å². The Kier molecular flexibility index (Phi) is 4.31. The number of ether oxygens (including phenoxy) is 1. The van der Waals surface area contributed by atoms with Gasteiger partial charge in [-0.1, -0.05) is 0 Å². The normalized spacial score (nSPS) is 12.2. The third kappa shape index (κ3) is 3.20. The minimum Gasteiger partial charge on any atom is -0.478 e. The van der Waals surface area contributed by atoms with Crippen molar-refractivity contribution in [3.63, 3.8) is 0 Å². The van der Waals surface area contributed by atoms with Crippen LogP contribution >= 0.6 is 11.3 Å². The van der Waals surface area contributed by atoms with Gasteiger partial charge < -0.3 is 10.1 Å². The minimum atomic E-state index is 0.113. The number of aryl methyl sites for hydroxylation is 1. The van der Waals surface area contributed by atoms with Gasteiger partial charge in [0.15, 0.2) is 0 Å². The van der Waals surface area contributed by atoms with Crippen LogP contribution in [0.5, 0.6) is 5.88 Å². The maximum atomic E-state index is 5.46. The zero-order valence-corrected chi connectivity index (χ0v) is 12.4. The van der Waals surface area contributed by atoms with Gasteiger partial charge in [-0.05, 0) is 27.7 Å². The van der Waals surface area contributed by atoms with E-state index in [4.69, 9.17) is 4.74 Å². The second-order valence-corrected chi connectivity index (χ2v) is 5.53. The Morgan fingerprint density at radius 2 is 2.11 bits per heavy atom. The molecule has 0 aliphatic heterocycles. The maximum Gasteiger partial charge on any atom is 0.221 e. The van der Waals surface area contributed by atoms with Crippen LogP contribution in [0.25, 0.3) is 0 Å². The Hall–Kier alpha value is -1.69.